The van der Waals surface area contributed by atoms with Gasteiger partial charge in [-0.05, 0) is 6.07 Å². The summed E-state index contributed by atoms with van der Waals surface area (Å²) >= 11 is 0. The van der Waals surface area contributed by atoms with Crippen LogP contribution in [-0.4, -0.2) is 25.3 Å². The molecule has 0 aliphatic carbocycles. The van der Waals surface area contributed by atoms with Gasteiger partial charge >= 0.3 is 5.97 Å². The van der Waals surface area contributed by atoms with Crippen molar-refractivity contribution in [3.05, 3.63) is 35.4 Å². The molecule has 0 heterocycles. The smallest absolute Gasteiger partial charge is 0.336 e. The molecule has 0 saturated heterocycles. The molecule has 0 radical (unpaired) electrons. The van der Waals surface area contributed by atoms with E-state index in [2.05, 4.69) is 0 Å². The van der Waals surface area contributed by atoms with Crippen molar-refractivity contribution in [2.45, 2.75) is 6.29 Å². The third-order valence-electron chi connectivity index (χ3n) is 1.87. The van der Waals surface area contributed by atoms with Crippen molar-refractivity contribution in [3.8, 4) is 0 Å². The molecule has 0 unspecified atom stereocenters. The molecule has 0 aliphatic heterocycles. The van der Waals surface area contributed by atoms with Crippen molar-refractivity contribution in [3.63, 3.8) is 0 Å². The maximum absolute atomic E-state index is 10.8. The monoisotopic (exact) mass is 196 g/mol. The Labute approximate surface area is 82.1 Å². The molecule has 76 valence electrons. The van der Waals surface area contributed by atoms with Gasteiger partial charge in [-0.3, -0.25) is 0 Å². The quantitative estimate of drug-likeness (QED) is 0.744. The van der Waals surface area contributed by atoms with E-state index in [0.29, 0.717) is 5.56 Å². The minimum absolute atomic E-state index is 0.196. The van der Waals surface area contributed by atoms with Gasteiger partial charge in [-0.15, -0.1) is 0 Å². The number of rotatable bonds is 4. The van der Waals surface area contributed by atoms with Crippen LogP contribution >= 0.6 is 0 Å². The largest absolute Gasteiger partial charge is 0.478 e. The maximum atomic E-state index is 10.8. The fraction of sp³-hybridized carbons (Fsp3) is 0.300. The second-order valence-corrected chi connectivity index (χ2v) is 2.70. The fourth-order valence-corrected chi connectivity index (χ4v) is 1.25. The second-order valence-electron chi connectivity index (χ2n) is 2.70. The number of hydrogen-bond acceptors (Lipinski definition) is 3. The van der Waals surface area contributed by atoms with E-state index in [4.69, 9.17) is 14.6 Å². The van der Waals surface area contributed by atoms with Gasteiger partial charge in [0.2, 0.25) is 0 Å². The fourth-order valence-electron chi connectivity index (χ4n) is 1.25. The first-order chi connectivity index (χ1) is 6.70. The lowest BCUT2D eigenvalue weighted by Crippen LogP contribution is -2.10. The predicted molar refractivity (Wildman–Crippen MR) is 50.2 cm³/mol. The average molecular weight is 196 g/mol. The Balaban J connectivity index is 3.11. The van der Waals surface area contributed by atoms with Crippen molar-refractivity contribution in [2.24, 2.45) is 0 Å². The van der Waals surface area contributed by atoms with Crippen LogP contribution in [0.2, 0.25) is 0 Å². The van der Waals surface area contributed by atoms with Crippen LogP contribution in [0.25, 0.3) is 0 Å². The highest BCUT2D eigenvalue weighted by Gasteiger charge is 2.17. The Morgan fingerprint density at radius 2 is 1.86 bits per heavy atom. The number of carboxylic acids is 1. The Morgan fingerprint density at radius 1 is 1.29 bits per heavy atom. The first kappa shape index (κ1) is 10.7. The second kappa shape index (κ2) is 4.74. The highest BCUT2D eigenvalue weighted by atomic mass is 16.7. The summed E-state index contributed by atoms with van der Waals surface area (Å²) in [6.07, 6.45) is -0.637. The summed E-state index contributed by atoms with van der Waals surface area (Å²) < 4.78 is 9.98. The Bertz CT molecular complexity index is 318. The number of carboxylic acid groups (broad SMARTS) is 1. The van der Waals surface area contributed by atoms with Gasteiger partial charge < -0.3 is 14.6 Å². The van der Waals surface area contributed by atoms with Gasteiger partial charge in [-0.25, -0.2) is 4.79 Å². The van der Waals surface area contributed by atoms with Crippen molar-refractivity contribution < 1.29 is 19.4 Å². The molecule has 1 rings (SSSR count). The zero-order valence-corrected chi connectivity index (χ0v) is 8.06. The zero-order chi connectivity index (χ0) is 10.6. The van der Waals surface area contributed by atoms with Crippen LogP contribution in [0.15, 0.2) is 24.3 Å². The standard InChI is InChI=1S/C10H12O4/c1-13-10(14-2)8-6-4-3-5-7(8)9(11)12/h3-6,10H,1-2H3,(H,11,12). The van der Waals surface area contributed by atoms with E-state index in [0.717, 1.165) is 0 Å². The predicted octanol–water partition coefficient (Wildman–Crippen LogP) is 1.68. The topological polar surface area (TPSA) is 55.8 Å². The van der Waals surface area contributed by atoms with Gasteiger partial charge in [-0.1, -0.05) is 18.2 Å². The summed E-state index contributed by atoms with van der Waals surface area (Å²) in [5.74, 6) is -0.986. The van der Waals surface area contributed by atoms with Gasteiger partial charge in [0.1, 0.15) is 0 Å². The lowest BCUT2D eigenvalue weighted by Gasteiger charge is -2.15. The van der Waals surface area contributed by atoms with Crippen LogP contribution < -0.4 is 0 Å². The minimum atomic E-state index is -0.986. The molecule has 0 fully saturated rings. The molecule has 0 bridgehead atoms. The first-order valence-electron chi connectivity index (χ1n) is 4.08. The van der Waals surface area contributed by atoms with Crippen LogP contribution in [-0.2, 0) is 9.47 Å². The molecule has 0 atom stereocenters. The van der Waals surface area contributed by atoms with E-state index in [9.17, 15) is 4.79 Å². The third kappa shape index (κ3) is 2.10. The average Bonchev–Trinajstić information content (AvgIpc) is 2.20. The molecule has 1 aromatic carbocycles. The molecular weight excluding hydrogens is 184 g/mol. The Kier molecular flexibility index (Phi) is 3.62. The van der Waals surface area contributed by atoms with Gasteiger partial charge in [0.15, 0.2) is 6.29 Å². The third-order valence-corrected chi connectivity index (χ3v) is 1.87. The number of hydrogen-bond donors (Lipinski definition) is 1. The lowest BCUT2D eigenvalue weighted by molar-refractivity contribution is -0.106. The molecule has 0 saturated carbocycles. The van der Waals surface area contributed by atoms with E-state index >= 15 is 0 Å². The van der Waals surface area contributed by atoms with Crippen LogP contribution in [0.5, 0.6) is 0 Å². The molecule has 0 aromatic heterocycles. The Hall–Kier alpha value is -1.39. The maximum Gasteiger partial charge on any atom is 0.336 e. The normalized spacial score (nSPS) is 10.5. The number of ether oxygens (including phenoxy) is 2. The summed E-state index contributed by atoms with van der Waals surface area (Å²) in [6, 6.07) is 6.59. The van der Waals surface area contributed by atoms with E-state index < -0.39 is 12.3 Å². The minimum Gasteiger partial charge on any atom is -0.478 e. The first-order valence-corrected chi connectivity index (χ1v) is 4.08. The lowest BCUT2D eigenvalue weighted by atomic mass is 10.1. The molecule has 1 aromatic rings. The molecular formula is C10H12O4. The molecule has 14 heavy (non-hydrogen) atoms. The van der Waals surface area contributed by atoms with Crippen LogP contribution in [0.1, 0.15) is 22.2 Å². The van der Waals surface area contributed by atoms with E-state index in [1.165, 1.54) is 20.3 Å². The number of benzene rings is 1. The van der Waals surface area contributed by atoms with E-state index in [1.807, 2.05) is 0 Å². The summed E-state index contributed by atoms with van der Waals surface area (Å²) in [5, 5.41) is 8.89. The summed E-state index contributed by atoms with van der Waals surface area (Å²) in [4.78, 5) is 10.8. The van der Waals surface area contributed by atoms with Crippen molar-refractivity contribution in [1.29, 1.82) is 0 Å². The molecule has 0 aliphatic rings. The molecule has 0 amide bonds. The van der Waals surface area contributed by atoms with Crippen molar-refractivity contribution in [1.82, 2.24) is 0 Å². The van der Waals surface area contributed by atoms with Gasteiger partial charge in [0.25, 0.3) is 0 Å². The highest BCUT2D eigenvalue weighted by molar-refractivity contribution is 5.89. The number of methoxy groups -OCH3 is 2. The number of carbonyl (C=O) groups is 1. The van der Waals surface area contributed by atoms with Gasteiger partial charge in [0.05, 0.1) is 5.56 Å². The molecule has 4 nitrogen and oxygen atoms in total. The van der Waals surface area contributed by atoms with E-state index in [-0.39, 0.29) is 5.56 Å². The summed E-state index contributed by atoms with van der Waals surface area (Å²) in [6.45, 7) is 0. The van der Waals surface area contributed by atoms with Crippen molar-refractivity contribution in [2.75, 3.05) is 14.2 Å². The molecule has 0 spiro atoms. The molecule has 4 heteroatoms. The van der Waals surface area contributed by atoms with Gasteiger partial charge in [-0.2, -0.15) is 0 Å². The van der Waals surface area contributed by atoms with Gasteiger partial charge in [0, 0.05) is 19.8 Å². The Morgan fingerprint density at radius 3 is 2.36 bits per heavy atom. The summed E-state index contributed by atoms with van der Waals surface area (Å²) in [7, 11) is 2.93. The molecule has 1 N–H and O–H groups in total. The van der Waals surface area contributed by atoms with Crippen LogP contribution in [0.3, 0.4) is 0 Å². The highest BCUT2D eigenvalue weighted by Crippen LogP contribution is 2.21. The van der Waals surface area contributed by atoms with Crippen LogP contribution in [0, 0.1) is 0 Å². The summed E-state index contributed by atoms with van der Waals surface area (Å²) in [5.41, 5.74) is 0.714. The van der Waals surface area contributed by atoms with Crippen LogP contribution in [0.4, 0.5) is 0 Å². The van der Waals surface area contributed by atoms with Crippen molar-refractivity contribution >= 4 is 5.97 Å². The SMILES string of the molecule is COC(OC)c1ccccc1C(=O)O. The van der Waals surface area contributed by atoms with E-state index in [1.54, 1.807) is 18.2 Å². The number of aromatic carboxylic acids is 1. The zero-order valence-electron chi connectivity index (χ0n) is 8.06.